The predicted molar refractivity (Wildman–Crippen MR) is 97.1 cm³/mol. The van der Waals surface area contributed by atoms with Crippen LogP contribution in [0.1, 0.15) is 28.5 Å². The SMILES string of the molecule is CCc1cccc(NC(=O)c2c(C)nn(-c3ccccc3)c2Cl)c1. The number of aryl methyl sites for hydroxylation is 2. The molecule has 3 aromatic rings. The maximum Gasteiger partial charge on any atom is 0.260 e. The van der Waals surface area contributed by atoms with Gasteiger partial charge in [-0.1, -0.05) is 48.9 Å². The molecule has 0 fully saturated rings. The number of amides is 1. The number of nitrogens with one attached hydrogen (secondary N) is 1. The number of hydrogen-bond acceptors (Lipinski definition) is 2. The molecule has 1 aromatic heterocycles. The van der Waals surface area contributed by atoms with Gasteiger partial charge >= 0.3 is 0 Å². The van der Waals surface area contributed by atoms with Gasteiger partial charge in [-0.3, -0.25) is 4.79 Å². The number of rotatable bonds is 4. The highest BCUT2D eigenvalue weighted by Crippen LogP contribution is 2.24. The summed E-state index contributed by atoms with van der Waals surface area (Å²) >= 11 is 6.42. The smallest absolute Gasteiger partial charge is 0.260 e. The first-order valence-corrected chi connectivity index (χ1v) is 8.18. The van der Waals surface area contributed by atoms with Crippen LogP contribution < -0.4 is 5.32 Å². The lowest BCUT2D eigenvalue weighted by Gasteiger charge is -2.07. The van der Waals surface area contributed by atoms with Crippen LogP contribution in [0.2, 0.25) is 5.15 Å². The number of carbonyl (C=O) groups is 1. The number of anilines is 1. The van der Waals surface area contributed by atoms with E-state index in [1.54, 1.807) is 11.6 Å². The number of aromatic nitrogens is 2. The second kappa shape index (κ2) is 6.89. The Bertz CT molecular complexity index is 872. The summed E-state index contributed by atoms with van der Waals surface area (Å²) < 4.78 is 1.58. The summed E-state index contributed by atoms with van der Waals surface area (Å²) in [6, 6.07) is 17.3. The van der Waals surface area contributed by atoms with Crippen molar-refractivity contribution in [2.75, 3.05) is 5.32 Å². The fraction of sp³-hybridized carbons (Fsp3) is 0.158. The van der Waals surface area contributed by atoms with Gasteiger partial charge in [-0.2, -0.15) is 5.10 Å². The number of hydrogen-bond donors (Lipinski definition) is 1. The van der Waals surface area contributed by atoms with Gasteiger partial charge in [0.05, 0.1) is 11.4 Å². The molecule has 4 nitrogen and oxygen atoms in total. The fourth-order valence-corrected chi connectivity index (χ4v) is 2.92. The molecule has 0 saturated carbocycles. The Labute approximate surface area is 146 Å². The lowest BCUT2D eigenvalue weighted by atomic mass is 10.1. The van der Waals surface area contributed by atoms with Crippen LogP contribution in [0.25, 0.3) is 5.69 Å². The molecule has 0 aliphatic heterocycles. The molecule has 5 heteroatoms. The summed E-state index contributed by atoms with van der Waals surface area (Å²) in [7, 11) is 0. The van der Waals surface area contributed by atoms with Gasteiger partial charge in [-0.25, -0.2) is 4.68 Å². The topological polar surface area (TPSA) is 46.9 Å². The molecule has 0 radical (unpaired) electrons. The van der Waals surface area contributed by atoms with Crippen LogP contribution in [0.15, 0.2) is 54.6 Å². The van der Waals surface area contributed by atoms with Crippen LogP contribution in [0.3, 0.4) is 0 Å². The van der Waals surface area contributed by atoms with Crippen molar-refractivity contribution in [2.24, 2.45) is 0 Å². The van der Waals surface area contributed by atoms with E-state index in [9.17, 15) is 4.79 Å². The van der Waals surface area contributed by atoms with Crippen molar-refractivity contribution in [3.05, 3.63) is 76.6 Å². The molecule has 0 spiro atoms. The van der Waals surface area contributed by atoms with Gasteiger partial charge in [0.15, 0.2) is 0 Å². The number of nitrogens with zero attached hydrogens (tertiary/aromatic N) is 2. The van der Waals surface area contributed by atoms with E-state index < -0.39 is 0 Å². The van der Waals surface area contributed by atoms with Crippen molar-refractivity contribution < 1.29 is 4.79 Å². The summed E-state index contributed by atoms with van der Waals surface area (Å²) in [6.45, 7) is 3.86. The van der Waals surface area contributed by atoms with Crippen LogP contribution in [0.5, 0.6) is 0 Å². The Morgan fingerprint density at radius 3 is 2.62 bits per heavy atom. The van der Waals surface area contributed by atoms with Crippen LogP contribution in [-0.2, 0) is 6.42 Å². The Morgan fingerprint density at radius 2 is 1.92 bits per heavy atom. The van der Waals surface area contributed by atoms with Crippen molar-refractivity contribution in [3.8, 4) is 5.69 Å². The third kappa shape index (κ3) is 3.19. The molecule has 1 heterocycles. The zero-order chi connectivity index (χ0) is 17.1. The molecule has 1 N–H and O–H groups in total. The normalized spacial score (nSPS) is 10.6. The first kappa shape index (κ1) is 16.3. The second-order valence-electron chi connectivity index (χ2n) is 5.51. The molecule has 122 valence electrons. The van der Waals surface area contributed by atoms with Crippen LogP contribution >= 0.6 is 11.6 Å². The molecule has 3 rings (SSSR count). The highest BCUT2D eigenvalue weighted by Gasteiger charge is 2.21. The van der Waals surface area contributed by atoms with Gasteiger partial charge in [0.2, 0.25) is 0 Å². The monoisotopic (exact) mass is 339 g/mol. The van der Waals surface area contributed by atoms with E-state index in [4.69, 9.17) is 11.6 Å². The first-order chi connectivity index (χ1) is 11.6. The number of benzene rings is 2. The average Bonchev–Trinajstić information content (AvgIpc) is 2.90. The van der Waals surface area contributed by atoms with Crippen molar-refractivity contribution >= 4 is 23.2 Å². The Kier molecular flexibility index (Phi) is 4.67. The molecular formula is C19H18ClN3O. The molecule has 0 aliphatic carbocycles. The molecule has 0 bridgehead atoms. The van der Waals surface area contributed by atoms with Crippen molar-refractivity contribution in [1.29, 1.82) is 0 Å². The molecule has 1 amide bonds. The third-order valence-corrected chi connectivity index (χ3v) is 4.17. The predicted octanol–water partition coefficient (Wildman–Crippen LogP) is 4.65. The lowest BCUT2D eigenvalue weighted by Crippen LogP contribution is -2.13. The zero-order valence-electron chi connectivity index (χ0n) is 13.6. The summed E-state index contributed by atoms with van der Waals surface area (Å²) in [5.41, 5.74) is 3.71. The van der Waals surface area contributed by atoms with Crippen LogP contribution in [0, 0.1) is 6.92 Å². The van der Waals surface area contributed by atoms with Gasteiger partial charge in [-0.05, 0) is 43.2 Å². The van der Waals surface area contributed by atoms with E-state index in [1.807, 2.05) is 54.6 Å². The summed E-state index contributed by atoms with van der Waals surface area (Å²) in [5.74, 6) is -0.257. The zero-order valence-corrected chi connectivity index (χ0v) is 14.3. The maximum atomic E-state index is 12.7. The number of para-hydroxylation sites is 1. The summed E-state index contributed by atoms with van der Waals surface area (Å²) in [5, 5.41) is 7.61. The molecule has 0 atom stereocenters. The molecule has 0 aliphatic rings. The van der Waals surface area contributed by atoms with Gasteiger partial charge < -0.3 is 5.32 Å². The van der Waals surface area contributed by atoms with E-state index in [0.717, 1.165) is 23.4 Å². The molecule has 0 saturated heterocycles. The van der Waals surface area contributed by atoms with E-state index >= 15 is 0 Å². The minimum Gasteiger partial charge on any atom is -0.322 e. The van der Waals surface area contributed by atoms with Crippen LogP contribution in [0.4, 0.5) is 5.69 Å². The minimum absolute atomic E-state index is 0.257. The Morgan fingerprint density at radius 1 is 1.17 bits per heavy atom. The molecule has 24 heavy (non-hydrogen) atoms. The Hall–Kier alpha value is -2.59. The van der Waals surface area contributed by atoms with Crippen molar-refractivity contribution in [2.45, 2.75) is 20.3 Å². The Balaban J connectivity index is 1.92. The molecule has 0 unspecified atom stereocenters. The number of halogens is 1. The van der Waals surface area contributed by atoms with Crippen molar-refractivity contribution in [3.63, 3.8) is 0 Å². The maximum absolute atomic E-state index is 12.7. The fourth-order valence-electron chi connectivity index (χ4n) is 2.56. The van der Waals surface area contributed by atoms with E-state index in [0.29, 0.717) is 16.4 Å². The first-order valence-electron chi connectivity index (χ1n) is 7.81. The second-order valence-corrected chi connectivity index (χ2v) is 5.86. The lowest BCUT2D eigenvalue weighted by molar-refractivity contribution is 0.102. The highest BCUT2D eigenvalue weighted by molar-refractivity contribution is 6.34. The van der Waals surface area contributed by atoms with E-state index in [-0.39, 0.29) is 5.91 Å². The average molecular weight is 340 g/mol. The third-order valence-electron chi connectivity index (χ3n) is 3.82. The minimum atomic E-state index is -0.257. The summed E-state index contributed by atoms with van der Waals surface area (Å²) in [6.07, 6.45) is 0.912. The van der Waals surface area contributed by atoms with Crippen molar-refractivity contribution in [1.82, 2.24) is 9.78 Å². The largest absolute Gasteiger partial charge is 0.322 e. The molecular weight excluding hydrogens is 322 g/mol. The quantitative estimate of drug-likeness (QED) is 0.752. The van der Waals surface area contributed by atoms with Gasteiger partial charge in [0.25, 0.3) is 5.91 Å². The number of carbonyl (C=O) groups excluding carboxylic acids is 1. The van der Waals surface area contributed by atoms with E-state index in [1.165, 1.54) is 0 Å². The van der Waals surface area contributed by atoms with Gasteiger partial charge in [-0.15, -0.1) is 0 Å². The standard InChI is InChI=1S/C19H18ClN3O/c1-3-14-8-7-9-15(12-14)21-19(24)17-13(2)22-23(18(17)20)16-10-5-4-6-11-16/h4-12H,3H2,1-2H3,(H,21,24). The van der Waals surface area contributed by atoms with Gasteiger partial charge in [0, 0.05) is 5.69 Å². The summed E-state index contributed by atoms with van der Waals surface area (Å²) in [4.78, 5) is 12.7. The molecule has 2 aromatic carbocycles. The highest BCUT2D eigenvalue weighted by atomic mass is 35.5. The van der Waals surface area contributed by atoms with E-state index in [2.05, 4.69) is 17.3 Å². The van der Waals surface area contributed by atoms with Crippen LogP contribution in [-0.4, -0.2) is 15.7 Å². The van der Waals surface area contributed by atoms with Gasteiger partial charge in [0.1, 0.15) is 10.7 Å².